The summed E-state index contributed by atoms with van der Waals surface area (Å²) in [7, 11) is 1.54. The van der Waals surface area contributed by atoms with Crippen LogP contribution in [0, 0.1) is 16.0 Å². The first kappa shape index (κ1) is 14.3. The van der Waals surface area contributed by atoms with E-state index in [9.17, 15) is 14.9 Å². The Kier molecular flexibility index (Phi) is 4.22. The summed E-state index contributed by atoms with van der Waals surface area (Å²) >= 11 is 0. The van der Waals surface area contributed by atoms with Crippen molar-refractivity contribution < 1.29 is 9.72 Å². The van der Waals surface area contributed by atoms with Gasteiger partial charge in [-0.3, -0.25) is 14.9 Å². The van der Waals surface area contributed by atoms with E-state index >= 15 is 0 Å². The Morgan fingerprint density at radius 1 is 1.40 bits per heavy atom. The second kappa shape index (κ2) is 5.90. The molecule has 1 aromatic carbocycles. The Hall–Kier alpha value is -2.11. The van der Waals surface area contributed by atoms with E-state index in [1.807, 2.05) is 0 Å². The molecule has 1 fully saturated rings. The molecule has 6 heteroatoms. The van der Waals surface area contributed by atoms with Crippen molar-refractivity contribution in [3.05, 3.63) is 33.9 Å². The highest BCUT2D eigenvalue weighted by Gasteiger charge is 2.24. The van der Waals surface area contributed by atoms with Crippen LogP contribution in [0.15, 0.2) is 18.2 Å². The molecule has 1 saturated carbocycles. The molecule has 1 aromatic rings. The quantitative estimate of drug-likeness (QED) is 0.654. The third kappa shape index (κ3) is 3.07. The van der Waals surface area contributed by atoms with E-state index in [0.717, 1.165) is 19.3 Å². The summed E-state index contributed by atoms with van der Waals surface area (Å²) in [4.78, 5) is 22.3. The summed E-state index contributed by atoms with van der Waals surface area (Å²) < 4.78 is 0. The lowest BCUT2D eigenvalue weighted by atomic mass is 10.1. The van der Waals surface area contributed by atoms with Crippen LogP contribution in [-0.2, 0) is 0 Å². The van der Waals surface area contributed by atoms with Crippen molar-refractivity contribution in [1.29, 1.82) is 0 Å². The van der Waals surface area contributed by atoms with Crippen molar-refractivity contribution in [2.45, 2.75) is 32.2 Å². The predicted octanol–water partition coefficient (Wildman–Crippen LogP) is 2.55. The maximum atomic E-state index is 11.6. The van der Waals surface area contributed by atoms with Crippen LogP contribution in [0.1, 0.15) is 36.5 Å². The molecule has 0 aliphatic heterocycles. The Morgan fingerprint density at radius 3 is 2.70 bits per heavy atom. The lowest BCUT2D eigenvalue weighted by Gasteiger charge is -2.15. The number of anilines is 1. The van der Waals surface area contributed by atoms with Crippen LogP contribution < -0.4 is 10.6 Å². The average Bonchev–Trinajstić information content (AvgIpc) is 2.82. The molecule has 1 aliphatic rings. The van der Waals surface area contributed by atoms with Crippen molar-refractivity contribution in [1.82, 2.24) is 5.32 Å². The number of hydrogen-bond donors (Lipinski definition) is 2. The van der Waals surface area contributed by atoms with Gasteiger partial charge >= 0.3 is 0 Å². The highest BCUT2D eigenvalue weighted by Crippen LogP contribution is 2.31. The van der Waals surface area contributed by atoms with E-state index in [1.165, 1.54) is 19.2 Å². The van der Waals surface area contributed by atoms with Gasteiger partial charge in [0.1, 0.15) is 5.69 Å². The highest BCUT2D eigenvalue weighted by molar-refractivity contribution is 5.95. The number of amides is 1. The Morgan fingerprint density at radius 2 is 2.15 bits per heavy atom. The molecule has 1 amide bonds. The van der Waals surface area contributed by atoms with Crippen LogP contribution >= 0.6 is 0 Å². The van der Waals surface area contributed by atoms with Gasteiger partial charge in [0.05, 0.1) is 4.92 Å². The van der Waals surface area contributed by atoms with Crippen molar-refractivity contribution >= 4 is 17.3 Å². The predicted molar refractivity (Wildman–Crippen MR) is 76.9 cm³/mol. The van der Waals surface area contributed by atoms with Gasteiger partial charge in [0.15, 0.2) is 0 Å². The number of nitrogens with one attached hydrogen (secondary N) is 2. The van der Waals surface area contributed by atoms with Gasteiger partial charge in [0, 0.05) is 24.7 Å². The van der Waals surface area contributed by atoms with Gasteiger partial charge in [-0.15, -0.1) is 0 Å². The van der Waals surface area contributed by atoms with Crippen LogP contribution in [-0.4, -0.2) is 23.9 Å². The molecular weight excluding hydrogens is 258 g/mol. The van der Waals surface area contributed by atoms with Crippen LogP contribution in [0.4, 0.5) is 11.4 Å². The number of carbonyl (C=O) groups is 1. The molecular formula is C14H19N3O3. The lowest BCUT2D eigenvalue weighted by molar-refractivity contribution is -0.384. The van der Waals surface area contributed by atoms with Gasteiger partial charge < -0.3 is 10.6 Å². The molecule has 2 N–H and O–H groups in total. The zero-order valence-corrected chi connectivity index (χ0v) is 11.7. The van der Waals surface area contributed by atoms with Crippen LogP contribution in [0.5, 0.6) is 0 Å². The molecule has 0 saturated heterocycles. The van der Waals surface area contributed by atoms with Gasteiger partial charge in [-0.05, 0) is 37.3 Å². The third-order valence-electron chi connectivity index (χ3n) is 3.74. The second-order valence-electron chi connectivity index (χ2n) is 5.33. The van der Waals surface area contributed by atoms with Crippen molar-refractivity contribution in [2.24, 2.45) is 5.92 Å². The summed E-state index contributed by atoms with van der Waals surface area (Å²) in [6, 6.07) is 4.65. The fourth-order valence-corrected chi connectivity index (χ4v) is 2.65. The topological polar surface area (TPSA) is 84.3 Å². The average molecular weight is 277 g/mol. The largest absolute Gasteiger partial charge is 0.377 e. The van der Waals surface area contributed by atoms with Gasteiger partial charge in [-0.1, -0.05) is 6.92 Å². The molecule has 0 heterocycles. The molecule has 2 unspecified atom stereocenters. The molecule has 0 aromatic heterocycles. The zero-order valence-electron chi connectivity index (χ0n) is 11.7. The number of carbonyl (C=O) groups excluding carboxylic acids is 1. The minimum atomic E-state index is -0.422. The molecule has 0 bridgehead atoms. The Balaban J connectivity index is 2.27. The summed E-state index contributed by atoms with van der Waals surface area (Å²) in [5, 5.41) is 16.8. The number of nitro benzene ring substituents is 1. The molecule has 0 radical (unpaired) electrons. The summed E-state index contributed by atoms with van der Waals surface area (Å²) in [6.07, 6.45) is 3.13. The van der Waals surface area contributed by atoms with Gasteiger partial charge in [-0.2, -0.15) is 0 Å². The molecule has 108 valence electrons. The van der Waals surface area contributed by atoms with E-state index in [1.54, 1.807) is 6.07 Å². The van der Waals surface area contributed by atoms with E-state index in [4.69, 9.17) is 0 Å². The number of benzene rings is 1. The summed E-state index contributed by atoms with van der Waals surface area (Å²) in [5.41, 5.74) is 0.860. The molecule has 2 atom stereocenters. The van der Waals surface area contributed by atoms with Gasteiger partial charge in [0.25, 0.3) is 11.6 Å². The lowest BCUT2D eigenvalue weighted by Crippen LogP contribution is -2.20. The fraction of sp³-hybridized carbons (Fsp3) is 0.500. The summed E-state index contributed by atoms with van der Waals surface area (Å²) in [6.45, 7) is 2.18. The van der Waals surface area contributed by atoms with Crippen molar-refractivity contribution in [2.75, 3.05) is 12.4 Å². The SMILES string of the molecule is CNC(=O)c1ccc([N+](=O)[O-])c(NC2CCC(C)C2)c1. The van der Waals surface area contributed by atoms with E-state index in [0.29, 0.717) is 17.2 Å². The van der Waals surface area contributed by atoms with Crippen LogP contribution in [0.25, 0.3) is 0 Å². The zero-order chi connectivity index (χ0) is 14.7. The first-order valence-corrected chi connectivity index (χ1v) is 6.78. The first-order chi connectivity index (χ1) is 9.51. The third-order valence-corrected chi connectivity index (χ3v) is 3.74. The van der Waals surface area contributed by atoms with Crippen molar-refractivity contribution in [3.8, 4) is 0 Å². The number of nitrogens with zero attached hydrogens (tertiary/aromatic N) is 1. The fourth-order valence-electron chi connectivity index (χ4n) is 2.65. The van der Waals surface area contributed by atoms with E-state index in [-0.39, 0.29) is 17.6 Å². The molecule has 1 aliphatic carbocycles. The van der Waals surface area contributed by atoms with Crippen LogP contribution in [0.2, 0.25) is 0 Å². The first-order valence-electron chi connectivity index (χ1n) is 6.78. The second-order valence-corrected chi connectivity index (χ2v) is 5.33. The standard InChI is InChI=1S/C14H19N3O3/c1-9-3-5-11(7-9)16-12-8-10(14(18)15-2)4-6-13(12)17(19)20/h4,6,8-9,11,16H,3,5,7H2,1-2H3,(H,15,18). The van der Waals surface area contributed by atoms with E-state index < -0.39 is 4.92 Å². The highest BCUT2D eigenvalue weighted by atomic mass is 16.6. The number of hydrogen-bond acceptors (Lipinski definition) is 4. The van der Waals surface area contributed by atoms with Gasteiger partial charge in [-0.25, -0.2) is 0 Å². The maximum absolute atomic E-state index is 11.6. The van der Waals surface area contributed by atoms with Gasteiger partial charge in [0.2, 0.25) is 0 Å². The number of rotatable bonds is 4. The summed E-state index contributed by atoms with van der Waals surface area (Å²) in [5.74, 6) is 0.386. The van der Waals surface area contributed by atoms with Crippen LogP contribution in [0.3, 0.4) is 0 Å². The molecule has 20 heavy (non-hydrogen) atoms. The normalized spacial score (nSPS) is 21.5. The monoisotopic (exact) mass is 277 g/mol. The molecule has 0 spiro atoms. The smallest absolute Gasteiger partial charge is 0.292 e. The minimum Gasteiger partial charge on any atom is -0.377 e. The van der Waals surface area contributed by atoms with Crippen molar-refractivity contribution in [3.63, 3.8) is 0 Å². The molecule has 2 rings (SSSR count). The Labute approximate surface area is 117 Å². The number of nitro groups is 1. The van der Waals surface area contributed by atoms with E-state index in [2.05, 4.69) is 17.6 Å². The minimum absolute atomic E-state index is 0.0113. The maximum Gasteiger partial charge on any atom is 0.292 e. The molecule has 6 nitrogen and oxygen atoms in total. The Bertz CT molecular complexity index is 530.